The van der Waals surface area contributed by atoms with Gasteiger partial charge in [-0.1, -0.05) is 13.3 Å². The van der Waals surface area contributed by atoms with Gasteiger partial charge in [-0.25, -0.2) is 0 Å². The average Bonchev–Trinajstić information content (AvgIpc) is 2.51. The van der Waals surface area contributed by atoms with Gasteiger partial charge in [-0.15, -0.1) is 0 Å². The lowest BCUT2D eigenvalue weighted by Crippen LogP contribution is -2.25. The maximum absolute atomic E-state index is 12.7. The number of rotatable bonds is 6. The Kier molecular flexibility index (Phi) is 4.92. The van der Waals surface area contributed by atoms with Gasteiger partial charge in [-0.3, -0.25) is 4.79 Å². The van der Waals surface area contributed by atoms with Crippen molar-refractivity contribution in [3.05, 3.63) is 28.2 Å². The van der Waals surface area contributed by atoms with Crippen molar-refractivity contribution in [2.75, 3.05) is 20.8 Å². The Morgan fingerprint density at radius 2 is 1.91 bits per heavy atom. The number of nitrogens with zero attached hydrogens (tertiary/aromatic N) is 1. The van der Waals surface area contributed by atoms with Gasteiger partial charge in [0.2, 0.25) is 5.75 Å². The van der Waals surface area contributed by atoms with Crippen LogP contribution >= 0.6 is 0 Å². The molecule has 0 atom stereocenters. The minimum Gasteiger partial charge on any atom is -0.502 e. The highest BCUT2D eigenvalue weighted by atomic mass is 16.5. The summed E-state index contributed by atoms with van der Waals surface area (Å²) in [5.41, 5.74) is 0.573. The molecule has 0 spiro atoms. The standard InChI is InChI=1S/C16H21NO5/c1-4-5-10-8-11-12(16(20)17(10)6-7-18)9-13(21-2)14(19)15(11)22-3/h8-9,18-19H,4-7H2,1-3H3. The summed E-state index contributed by atoms with van der Waals surface area (Å²) in [5, 5.41) is 20.3. The molecule has 6 nitrogen and oxygen atoms in total. The maximum Gasteiger partial charge on any atom is 0.258 e. The van der Waals surface area contributed by atoms with Crippen LogP contribution in [0, 0.1) is 0 Å². The molecule has 1 aromatic carbocycles. The van der Waals surface area contributed by atoms with E-state index in [0.717, 1.165) is 12.1 Å². The van der Waals surface area contributed by atoms with Crippen LogP contribution in [0.1, 0.15) is 19.0 Å². The zero-order chi connectivity index (χ0) is 16.3. The van der Waals surface area contributed by atoms with Crippen molar-refractivity contribution in [2.45, 2.75) is 26.3 Å². The summed E-state index contributed by atoms with van der Waals surface area (Å²) < 4.78 is 11.9. The first-order valence-electron chi connectivity index (χ1n) is 7.20. The van der Waals surface area contributed by atoms with E-state index in [1.165, 1.54) is 20.3 Å². The normalized spacial score (nSPS) is 10.9. The van der Waals surface area contributed by atoms with Crippen LogP contribution in [-0.4, -0.2) is 35.6 Å². The lowest BCUT2D eigenvalue weighted by molar-refractivity contribution is 0.272. The number of pyridine rings is 1. The first kappa shape index (κ1) is 16.2. The van der Waals surface area contributed by atoms with Crippen LogP contribution in [0.3, 0.4) is 0 Å². The third-order valence-electron chi connectivity index (χ3n) is 3.65. The molecular weight excluding hydrogens is 286 g/mol. The Hall–Kier alpha value is -2.21. The summed E-state index contributed by atoms with van der Waals surface area (Å²) >= 11 is 0. The Labute approximate surface area is 128 Å². The van der Waals surface area contributed by atoms with Crippen LogP contribution in [0.4, 0.5) is 0 Å². The molecule has 1 aromatic heterocycles. The second-order valence-corrected chi connectivity index (χ2v) is 4.99. The van der Waals surface area contributed by atoms with Crippen molar-refractivity contribution in [3.8, 4) is 17.2 Å². The molecule has 0 saturated heterocycles. The van der Waals surface area contributed by atoms with Crippen LogP contribution in [0.5, 0.6) is 17.2 Å². The highest BCUT2D eigenvalue weighted by molar-refractivity contribution is 5.92. The predicted octanol–water partition coefficient (Wildman–Crippen LogP) is 1.67. The Morgan fingerprint density at radius 1 is 1.18 bits per heavy atom. The number of hydrogen-bond donors (Lipinski definition) is 2. The second-order valence-electron chi connectivity index (χ2n) is 4.99. The fourth-order valence-electron chi connectivity index (χ4n) is 2.65. The largest absolute Gasteiger partial charge is 0.502 e. The first-order valence-corrected chi connectivity index (χ1v) is 7.20. The van der Waals surface area contributed by atoms with E-state index >= 15 is 0 Å². The molecule has 0 bridgehead atoms. The summed E-state index contributed by atoms with van der Waals surface area (Å²) in [6, 6.07) is 3.33. The van der Waals surface area contributed by atoms with E-state index < -0.39 is 0 Å². The monoisotopic (exact) mass is 307 g/mol. The zero-order valence-corrected chi connectivity index (χ0v) is 13.0. The Bertz CT molecular complexity index is 736. The molecule has 2 rings (SSSR count). The third kappa shape index (κ3) is 2.62. The van der Waals surface area contributed by atoms with E-state index in [0.29, 0.717) is 17.2 Å². The molecule has 0 radical (unpaired) electrons. The van der Waals surface area contributed by atoms with Crippen molar-refractivity contribution < 1.29 is 19.7 Å². The van der Waals surface area contributed by atoms with Gasteiger partial charge in [0.1, 0.15) is 0 Å². The average molecular weight is 307 g/mol. The molecule has 1 heterocycles. The van der Waals surface area contributed by atoms with E-state index in [-0.39, 0.29) is 36.0 Å². The fraction of sp³-hybridized carbons (Fsp3) is 0.438. The Morgan fingerprint density at radius 3 is 2.45 bits per heavy atom. The Balaban J connectivity index is 2.89. The molecule has 2 aromatic rings. The maximum atomic E-state index is 12.7. The van der Waals surface area contributed by atoms with Gasteiger partial charge in [0.05, 0.1) is 26.2 Å². The van der Waals surface area contributed by atoms with Gasteiger partial charge in [0.15, 0.2) is 11.5 Å². The number of aromatic hydroxyl groups is 1. The van der Waals surface area contributed by atoms with Crippen molar-refractivity contribution in [1.29, 1.82) is 0 Å². The van der Waals surface area contributed by atoms with Crippen LogP contribution < -0.4 is 15.0 Å². The molecule has 22 heavy (non-hydrogen) atoms. The number of phenolic OH excluding ortho intramolecular Hbond substituents is 1. The van der Waals surface area contributed by atoms with E-state index in [9.17, 15) is 15.0 Å². The van der Waals surface area contributed by atoms with Crippen LogP contribution in [0.15, 0.2) is 16.9 Å². The quantitative estimate of drug-likeness (QED) is 0.848. The van der Waals surface area contributed by atoms with Gasteiger partial charge in [0.25, 0.3) is 5.56 Å². The molecule has 0 fully saturated rings. The predicted molar refractivity (Wildman–Crippen MR) is 84.1 cm³/mol. The lowest BCUT2D eigenvalue weighted by Gasteiger charge is -2.16. The molecule has 6 heteroatoms. The van der Waals surface area contributed by atoms with E-state index in [1.807, 2.05) is 13.0 Å². The molecule has 120 valence electrons. The van der Waals surface area contributed by atoms with Gasteiger partial charge in [0, 0.05) is 17.6 Å². The third-order valence-corrected chi connectivity index (χ3v) is 3.65. The number of phenols is 1. The molecule has 0 aliphatic carbocycles. The number of benzene rings is 1. The lowest BCUT2D eigenvalue weighted by atomic mass is 10.1. The van der Waals surface area contributed by atoms with Gasteiger partial charge >= 0.3 is 0 Å². The van der Waals surface area contributed by atoms with Gasteiger partial charge < -0.3 is 24.3 Å². The van der Waals surface area contributed by atoms with E-state index in [2.05, 4.69) is 0 Å². The molecule has 0 amide bonds. The summed E-state index contributed by atoms with van der Waals surface area (Å²) in [4.78, 5) is 12.7. The number of aryl methyl sites for hydroxylation is 1. The summed E-state index contributed by atoms with van der Waals surface area (Å²) in [6.45, 7) is 2.13. The number of fused-ring (bicyclic) bond motifs is 1. The second kappa shape index (κ2) is 6.70. The van der Waals surface area contributed by atoms with Crippen molar-refractivity contribution >= 4 is 10.8 Å². The van der Waals surface area contributed by atoms with Crippen molar-refractivity contribution in [1.82, 2.24) is 4.57 Å². The van der Waals surface area contributed by atoms with Crippen LogP contribution in [0.25, 0.3) is 10.8 Å². The van der Waals surface area contributed by atoms with Crippen LogP contribution in [-0.2, 0) is 13.0 Å². The number of aliphatic hydroxyl groups is 1. The van der Waals surface area contributed by atoms with Crippen LogP contribution in [0.2, 0.25) is 0 Å². The van der Waals surface area contributed by atoms with E-state index in [1.54, 1.807) is 4.57 Å². The minimum atomic E-state index is -0.230. The molecule has 0 unspecified atom stereocenters. The first-order chi connectivity index (χ1) is 10.6. The number of hydrogen-bond acceptors (Lipinski definition) is 5. The van der Waals surface area contributed by atoms with Gasteiger partial charge in [-0.05, 0) is 18.6 Å². The van der Waals surface area contributed by atoms with E-state index in [4.69, 9.17) is 9.47 Å². The SMILES string of the molecule is CCCc1cc2c(OC)c(O)c(OC)cc2c(=O)n1CCO. The number of aliphatic hydroxyl groups excluding tert-OH is 1. The summed E-state index contributed by atoms with van der Waals surface area (Å²) in [7, 11) is 2.85. The van der Waals surface area contributed by atoms with Crippen molar-refractivity contribution in [2.24, 2.45) is 0 Å². The number of aromatic nitrogens is 1. The fourth-order valence-corrected chi connectivity index (χ4v) is 2.65. The molecule has 2 N–H and O–H groups in total. The number of ether oxygens (including phenoxy) is 2. The molecule has 0 saturated carbocycles. The highest BCUT2D eigenvalue weighted by Gasteiger charge is 2.18. The topological polar surface area (TPSA) is 80.9 Å². The summed E-state index contributed by atoms with van der Waals surface area (Å²) in [6.07, 6.45) is 1.56. The smallest absolute Gasteiger partial charge is 0.258 e. The van der Waals surface area contributed by atoms with Crippen molar-refractivity contribution in [3.63, 3.8) is 0 Å². The molecule has 0 aliphatic rings. The zero-order valence-electron chi connectivity index (χ0n) is 13.0. The summed E-state index contributed by atoms with van der Waals surface area (Å²) in [5.74, 6) is 0.277. The number of methoxy groups -OCH3 is 2. The van der Waals surface area contributed by atoms with Gasteiger partial charge in [-0.2, -0.15) is 0 Å². The molecular formula is C16H21NO5. The minimum absolute atomic E-state index is 0.117. The highest BCUT2D eigenvalue weighted by Crippen LogP contribution is 2.41. The molecule has 0 aliphatic heterocycles.